The van der Waals surface area contributed by atoms with E-state index in [1.54, 1.807) is 42.5 Å². The first kappa shape index (κ1) is 22.0. The highest BCUT2D eigenvalue weighted by Gasteiger charge is 2.09. The fourth-order valence-electron chi connectivity index (χ4n) is 3.02. The van der Waals surface area contributed by atoms with E-state index in [1.165, 1.54) is 12.3 Å². The Labute approximate surface area is 195 Å². The number of fused-ring (bicyclic) bond motifs is 1. The van der Waals surface area contributed by atoms with E-state index in [4.69, 9.17) is 21.1 Å². The number of ether oxygens (including phenoxy) is 2. The number of hydrogen-bond acceptors (Lipinski definition) is 5. The highest BCUT2D eigenvalue weighted by Crippen LogP contribution is 2.20. The van der Waals surface area contributed by atoms with Gasteiger partial charge >= 0.3 is 5.97 Å². The van der Waals surface area contributed by atoms with E-state index < -0.39 is 5.97 Å². The predicted octanol–water partition coefficient (Wildman–Crippen LogP) is 5.24. The van der Waals surface area contributed by atoms with Gasteiger partial charge in [0, 0.05) is 5.02 Å². The van der Waals surface area contributed by atoms with E-state index in [0.29, 0.717) is 27.6 Å². The van der Waals surface area contributed by atoms with Gasteiger partial charge in [0.15, 0.2) is 6.61 Å². The quantitative estimate of drug-likeness (QED) is 0.178. The molecule has 0 unspecified atom stereocenters. The minimum Gasteiger partial charge on any atom is -0.484 e. The van der Waals surface area contributed by atoms with Crippen molar-refractivity contribution >= 4 is 40.5 Å². The number of rotatable bonds is 7. The molecule has 1 amide bonds. The smallest absolute Gasteiger partial charge is 0.343 e. The summed E-state index contributed by atoms with van der Waals surface area (Å²) in [6, 6.07) is 26.8. The van der Waals surface area contributed by atoms with E-state index in [2.05, 4.69) is 10.5 Å². The van der Waals surface area contributed by atoms with Crippen LogP contribution in [0.1, 0.15) is 15.9 Å². The van der Waals surface area contributed by atoms with Gasteiger partial charge in [0.25, 0.3) is 5.91 Å². The lowest BCUT2D eigenvalue weighted by atomic mass is 10.1. The summed E-state index contributed by atoms with van der Waals surface area (Å²) in [6.45, 7) is -0.159. The van der Waals surface area contributed by atoms with Crippen molar-refractivity contribution in [3.8, 4) is 11.5 Å². The second-order valence-corrected chi connectivity index (χ2v) is 7.50. The SMILES string of the molecule is O=C(COc1ccc2ccccc2c1)N/N=C/c1ccc(OC(=O)c2cccc(Cl)c2)cc1. The molecular formula is C26H19ClN2O4. The van der Waals surface area contributed by atoms with Crippen LogP contribution in [-0.4, -0.2) is 24.7 Å². The van der Waals surface area contributed by atoms with Gasteiger partial charge in [-0.25, -0.2) is 10.2 Å². The van der Waals surface area contributed by atoms with Gasteiger partial charge in [-0.1, -0.05) is 48.0 Å². The Morgan fingerprint density at radius 3 is 2.39 bits per heavy atom. The van der Waals surface area contributed by atoms with Crippen molar-refractivity contribution in [2.24, 2.45) is 5.10 Å². The summed E-state index contributed by atoms with van der Waals surface area (Å²) in [5, 5.41) is 6.52. The Bertz CT molecular complexity index is 1320. The number of amides is 1. The molecule has 7 heteroatoms. The highest BCUT2D eigenvalue weighted by molar-refractivity contribution is 6.30. The van der Waals surface area contributed by atoms with Gasteiger partial charge in [0.05, 0.1) is 11.8 Å². The lowest BCUT2D eigenvalue weighted by Crippen LogP contribution is -2.24. The molecule has 4 rings (SSSR count). The van der Waals surface area contributed by atoms with E-state index in [-0.39, 0.29) is 12.5 Å². The summed E-state index contributed by atoms with van der Waals surface area (Å²) < 4.78 is 10.9. The fourth-order valence-corrected chi connectivity index (χ4v) is 3.21. The number of hydrogen-bond donors (Lipinski definition) is 1. The first-order chi connectivity index (χ1) is 16.1. The number of esters is 1. The number of halogens is 1. The number of carbonyl (C=O) groups is 2. The lowest BCUT2D eigenvalue weighted by molar-refractivity contribution is -0.123. The molecule has 0 spiro atoms. The van der Waals surface area contributed by atoms with E-state index in [0.717, 1.165) is 10.8 Å². The Morgan fingerprint density at radius 2 is 1.61 bits per heavy atom. The molecule has 4 aromatic carbocycles. The monoisotopic (exact) mass is 458 g/mol. The van der Waals surface area contributed by atoms with Gasteiger partial charge in [-0.2, -0.15) is 5.10 Å². The third-order valence-electron chi connectivity index (χ3n) is 4.64. The van der Waals surface area contributed by atoms with E-state index >= 15 is 0 Å². The number of hydrazone groups is 1. The Hall–Kier alpha value is -4.16. The minimum absolute atomic E-state index is 0.159. The van der Waals surface area contributed by atoms with Crippen molar-refractivity contribution in [3.05, 3.63) is 107 Å². The van der Waals surface area contributed by atoms with Gasteiger partial charge < -0.3 is 9.47 Å². The number of carbonyl (C=O) groups excluding carboxylic acids is 2. The van der Waals surface area contributed by atoms with Crippen LogP contribution in [0, 0.1) is 0 Å². The molecule has 0 atom stereocenters. The molecule has 1 N–H and O–H groups in total. The second-order valence-electron chi connectivity index (χ2n) is 7.06. The molecule has 0 aliphatic carbocycles. The molecular weight excluding hydrogens is 440 g/mol. The number of nitrogens with zero attached hydrogens (tertiary/aromatic N) is 1. The maximum Gasteiger partial charge on any atom is 0.343 e. The summed E-state index contributed by atoms with van der Waals surface area (Å²) in [6.07, 6.45) is 1.48. The van der Waals surface area contributed by atoms with Crippen LogP contribution in [0.5, 0.6) is 11.5 Å². The Morgan fingerprint density at radius 1 is 0.848 bits per heavy atom. The first-order valence-corrected chi connectivity index (χ1v) is 10.5. The first-order valence-electron chi connectivity index (χ1n) is 10.1. The highest BCUT2D eigenvalue weighted by atomic mass is 35.5. The van der Waals surface area contributed by atoms with Crippen molar-refractivity contribution in [1.82, 2.24) is 5.43 Å². The Kier molecular flexibility index (Phi) is 6.97. The molecule has 0 bridgehead atoms. The zero-order valence-corrected chi connectivity index (χ0v) is 18.2. The molecule has 0 aliphatic heterocycles. The van der Waals surface area contributed by atoms with Crippen LogP contribution in [-0.2, 0) is 4.79 Å². The van der Waals surface area contributed by atoms with Crippen molar-refractivity contribution in [2.45, 2.75) is 0 Å². The lowest BCUT2D eigenvalue weighted by Gasteiger charge is -2.06. The summed E-state index contributed by atoms with van der Waals surface area (Å²) in [7, 11) is 0. The largest absolute Gasteiger partial charge is 0.484 e. The van der Waals surface area contributed by atoms with Crippen molar-refractivity contribution in [1.29, 1.82) is 0 Å². The maximum absolute atomic E-state index is 12.2. The molecule has 0 fully saturated rings. The minimum atomic E-state index is -0.502. The van der Waals surface area contributed by atoms with Gasteiger partial charge in [-0.15, -0.1) is 0 Å². The van der Waals surface area contributed by atoms with Crippen LogP contribution >= 0.6 is 11.6 Å². The van der Waals surface area contributed by atoms with Gasteiger partial charge in [-0.05, 0) is 70.9 Å². The maximum atomic E-state index is 12.2. The Balaban J connectivity index is 1.25. The van der Waals surface area contributed by atoms with Crippen LogP contribution in [0.25, 0.3) is 10.8 Å². The zero-order valence-electron chi connectivity index (χ0n) is 17.4. The van der Waals surface area contributed by atoms with Crippen LogP contribution in [0.3, 0.4) is 0 Å². The average Bonchev–Trinajstić information content (AvgIpc) is 2.83. The summed E-state index contributed by atoms with van der Waals surface area (Å²) >= 11 is 5.90. The second kappa shape index (κ2) is 10.4. The molecule has 0 saturated carbocycles. The van der Waals surface area contributed by atoms with Gasteiger partial charge in [0.2, 0.25) is 0 Å². The van der Waals surface area contributed by atoms with E-state index in [9.17, 15) is 9.59 Å². The molecule has 33 heavy (non-hydrogen) atoms. The van der Waals surface area contributed by atoms with Gasteiger partial charge in [-0.3, -0.25) is 4.79 Å². The third kappa shape index (κ3) is 6.18. The zero-order chi connectivity index (χ0) is 23.0. The molecule has 0 radical (unpaired) electrons. The summed E-state index contributed by atoms with van der Waals surface area (Å²) in [5.74, 6) is 0.102. The topological polar surface area (TPSA) is 77.0 Å². The van der Waals surface area contributed by atoms with Gasteiger partial charge in [0.1, 0.15) is 11.5 Å². The fraction of sp³-hybridized carbons (Fsp3) is 0.0385. The number of nitrogens with one attached hydrogen (secondary N) is 1. The predicted molar refractivity (Wildman–Crippen MR) is 128 cm³/mol. The molecule has 0 saturated heterocycles. The molecule has 4 aromatic rings. The van der Waals surface area contributed by atoms with Crippen LogP contribution < -0.4 is 14.9 Å². The van der Waals surface area contributed by atoms with Crippen molar-refractivity contribution in [3.63, 3.8) is 0 Å². The van der Waals surface area contributed by atoms with Crippen molar-refractivity contribution < 1.29 is 19.1 Å². The van der Waals surface area contributed by atoms with Crippen LogP contribution in [0.2, 0.25) is 5.02 Å². The normalized spacial score (nSPS) is 10.8. The summed E-state index contributed by atoms with van der Waals surface area (Å²) in [5.41, 5.74) is 3.50. The molecule has 0 aliphatic rings. The van der Waals surface area contributed by atoms with Crippen LogP contribution in [0.4, 0.5) is 0 Å². The molecule has 6 nitrogen and oxygen atoms in total. The standard InChI is InChI=1S/C26H19ClN2O4/c27-22-7-3-6-21(14-22)26(31)33-23-11-8-18(9-12-23)16-28-29-25(30)17-32-24-13-10-19-4-1-2-5-20(19)15-24/h1-16H,17H2,(H,29,30)/b28-16+. The third-order valence-corrected chi connectivity index (χ3v) is 4.88. The summed E-state index contributed by atoms with van der Waals surface area (Å²) in [4.78, 5) is 24.1. The molecule has 0 aromatic heterocycles. The molecule has 164 valence electrons. The van der Waals surface area contributed by atoms with E-state index in [1.807, 2.05) is 42.5 Å². The van der Waals surface area contributed by atoms with Crippen LogP contribution in [0.15, 0.2) is 96.1 Å². The number of benzene rings is 4. The van der Waals surface area contributed by atoms with Crippen molar-refractivity contribution in [2.75, 3.05) is 6.61 Å². The molecule has 0 heterocycles. The average molecular weight is 459 g/mol.